The number of hydrogen-bond donors (Lipinski definition) is 1. The Hall–Kier alpha value is -1.84. The number of benzene rings is 1. The van der Waals surface area contributed by atoms with Crippen LogP contribution in [0.1, 0.15) is 49.9 Å². The Kier molecular flexibility index (Phi) is 4.35. The molecule has 0 bridgehead atoms. The van der Waals surface area contributed by atoms with Crippen molar-refractivity contribution in [1.29, 1.82) is 0 Å². The smallest absolute Gasteiger partial charge is 0.254 e. The zero-order valence-electron chi connectivity index (χ0n) is 13.5. The van der Waals surface area contributed by atoms with E-state index in [0.29, 0.717) is 12.5 Å². The highest BCUT2D eigenvalue weighted by molar-refractivity contribution is 6.06. The fourth-order valence-electron chi connectivity index (χ4n) is 2.93. The zero-order chi connectivity index (χ0) is 15.7. The van der Waals surface area contributed by atoms with Crippen LogP contribution in [0.25, 0.3) is 0 Å². The fourth-order valence-corrected chi connectivity index (χ4v) is 2.93. The van der Waals surface area contributed by atoms with Gasteiger partial charge in [-0.25, -0.2) is 0 Å². The van der Waals surface area contributed by atoms with Crippen molar-refractivity contribution in [3.8, 4) is 0 Å². The molecule has 1 heterocycles. The summed E-state index contributed by atoms with van der Waals surface area (Å²) < 4.78 is 0. The average Bonchev–Trinajstić information content (AvgIpc) is 2.60. The molecule has 1 aliphatic heterocycles. The fraction of sp³-hybridized carbons (Fsp3) is 0.529. The largest absolute Gasteiger partial charge is 0.341 e. The Labute approximate surface area is 126 Å². The molecule has 1 aliphatic rings. The van der Waals surface area contributed by atoms with Crippen molar-refractivity contribution in [2.75, 3.05) is 11.4 Å². The first kappa shape index (κ1) is 15.5. The van der Waals surface area contributed by atoms with Gasteiger partial charge in [-0.05, 0) is 31.7 Å². The number of aryl methyl sites for hydroxylation is 2. The standard InChI is InChI=1S/C17H24N2O2/c1-10(2)6-7-19-16-12(4)8-11(3)9-14(16)15(17(19)21)18-13(5)20/h8-10,15H,6-7H2,1-5H3,(H,18,20)/t15-/m1/s1. The van der Waals surface area contributed by atoms with Crippen molar-refractivity contribution >= 4 is 17.5 Å². The summed E-state index contributed by atoms with van der Waals surface area (Å²) >= 11 is 0. The number of nitrogens with one attached hydrogen (secondary N) is 1. The lowest BCUT2D eigenvalue weighted by molar-refractivity contribution is -0.126. The topological polar surface area (TPSA) is 49.4 Å². The molecule has 1 atom stereocenters. The Balaban J connectivity index is 2.43. The number of anilines is 1. The maximum absolute atomic E-state index is 12.7. The Bertz CT molecular complexity index is 578. The van der Waals surface area contributed by atoms with Crippen LogP contribution in [-0.4, -0.2) is 18.4 Å². The van der Waals surface area contributed by atoms with Crippen LogP contribution in [0.3, 0.4) is 0 Å². The Morgan fingerprint density at radius 3 is 2.57 bits per heavy atom. The van der Waals surface area contributed by atoms with Gasteiger partial charge in [0.1, 0.15) is 6.04 Å². The van der Waals surface area contributed by atoms with E-state index in [4.69, 9.17) is 0 Å². The molecular formula is C17H24N2O2. The molecule has 0 unspecified atom stereocenters. The van der Waals surface area contributed by atoms with Gasteiger partial charge in [-0.2, -0.15) is 0 Å². The second-order valence-corrected chi connectivity index (χ2v) is 6.33. The highest BCUT2D eigenvalue weighted by Crippen LogP contribution is 2.39. The van der Waals surface area contributed by atoms with Gasteiger partial charge in [0.25, 0.3) is 5.91 Å². The monoisotopic (exact) mass is 288 g/mol. The van der Waals surface area contributed by atoms with Crippen molar-refractivity contribution in [3.63, 3.8) is 0 Å². The van der Waals surface area contributed by atoms with E-state index in [0.717, 1.165) is 28.8 Å². The van der Waals surface area contributed by atoms with E-state index in [9.17, 15) is 9.59 Å². The van der Waals surface area contributed by atoms with Gasteiger partial charge in [0, 0.05) is 19.0 Å². The summed E-state index contributed by atoms with van der Waals surface area (Å²) in [6.45, 7) is 10.5. The van der Waals surface area contributed by atoms with Crippen molar-refractivity contribution < 1.29 is 9.59 Å². The number of hydrogen-bond acceptors (Lipinski definition) is 2. The molecule has 0 spiro atoms. The molecule has 0 saturated carbocycles. The third-order valence-corrected chi connectivity index (χ3v) is 3.85. The molecule has 4 heteroatoms. The van der Waals surface area contributed by atoms with Gasteiger partial charge in [-0.3, -0.25) is 9.59 Å². The van der Waals surface area contributed by atoms with E-state index in [1.165, 1.54) is 6.92 Å². The van der Waals surface area contributed by atoms with Crippen LogP contribution in [0.5, 0.6) is 0 Å². The lowest BCUT2D eigenvalue weighted by Gasteiger charge is -2.20. The highest BCUT2D eigenvalue weighted by atomic mass is 16.2. The molecule has 0 saturated heterocycles. The van der Waals surface area contributed by atoms with Gasteiger partial charge in [-0.1, -0.05) is 31.5 Å². The number of nitrogens with zero attached hydrogens (tertiary/aromatic N) is 1. The predicted molar refractivity (Wildman–Crippen MR) is 84.3 cm³/mol. The van der Waals surface area contributed by atoms with E-state index in [1.807, 2.05) is 24.8 Å². The number of fused-ring (bicyclic) bond motifs is 1. The lowest BCUT2D eigenvalue weighted by Crippen LogP contribution is -2.37. The molecule has 21 heavy (non-hydrogen) atoms. The summed E-state index contributed by atoms with van der Waals surface area (Å²) in [5, 5.41) is 2.79. The van der Waals surface area contributed by atoms with Crippen molar-refractivity contribution in [2.45, 2.75) is 47.1 Å². The zero-order valence-corrected chi connectivity index (χ0v) is 13.5. The maximum atomic E-state index is 12.7. The lowest BCUT2D eigenvalue weighted by atomic mass is 10.0. The quantitative estimate of drug-likeness (QED) is 0.926. The first-order valence-electron chi connectivity index (χ1n) is 7.51. The molecule has 4 nitrogen and oxygen atoms in total. The Morgan fingerprint density at radius 1 is 1.33 bits per heavy atom. The first-order chi connectivity index (χ1) is 9.81. The second-order valence-electron chi connectivity index (χ2n) is 6.33. The molecule has 0 aliphatic carbocycles. The second kappa shape index (κ2) is 5.88. The van der Waals surface area contributed by atoms with E-state index < -0.39 is 6.04 Å². The molecule has 0 aromatic heterocycles. The van der Waals surface area contributed by atoms with Crippen LogP contribution >= 0.6 is 0 Å². The molecule has 0 radical (unpaired) electrons. The number of rotatable bonds is 4. The summed E-state index contributed by atoms with van der Waals surface area (Å²) in [6, 6.07) is 3.56. The van der Waals surface area contributed by atoms with Crippen molar-refractivity contribution in [3.05, 3.63) is 28.8 Å². The van der Waals surface area contributed by atoms with Crippen LogP contribution in [0.4, 0.5) is 5.69 Å². The highest BCUT2D eigenvalue weighted by Gasteiger charge is 2.38. The molecule has 1 aromatic rings. The summed E-state index contributed by atoms with van der Waals surface area (Å²) in [5.41, 5.74) is 4.11. The Morgan fingerprint density at radius 2 is 2.00 bits per heavy atom. The van der Waals surface area contributed by atoms with Gasteiger partial charge in [-0.15, -0.1) is 0 Å². The summed E-state index contributed by atoms with van der Waals surface area (Å²) in [5.74, 6) is 0.338. The maximum Gasteiger partial charge on any atom is 0.254 e. The minimum absolute atomic E-state index is 0.0189. The van der Waals surface area contributed by atoms with Gasteiger partial charge in [0.15, 0.2) is 0 Å². The molecule has 1 N–H and O–H groups in total. The summed E-state index contributed by atoms with van der Waals surface area (Å²) in [6.07, 6.45) is 0.950. The molecule has 2 rings (SSSR count). The van der Waals surface area contributed by atoms with Crippen LogP contribution in [-0.2, 0) is 9.59 Å². The van der Waals surface area contributed by atoms with Gasteiger partial charge >= 0.3 is 0 Å². The minimum Gasteiger partial charge on any atom is -0.341 e. The third kappa shape index (κ3) is 3.09. The molecule has 2 amide bonds. The SMILES string of the molecule is CC(=O)N[C@H]1C(=O)N(CCC(C)C)c2c(C)cc(C)cc21. The number of carbonyl (C=O) groups is 2. The van der Waals surface area contributed by atoms with Crippen molar-refractivity contribution in [2.24, 2.45) is 5.92 Å². The average molecular weight is 288 g/mol. The summed E-state index contributed by atoms with van der Waals surface area (Å²) in [7, 11) is 0. The van der Waals surface area contributed by atoms with E-state index in [-0.39, 0.29) is 11.8 Å². The minimum atomic E-state index is -0.539. The van der Waals surface area contributed by atoms with E-state index in [2.05, 4.69) is 25.2 Å². The van der Waals surface area contributed by atoms with Crippen molar-refractivity contribution in [1.82, 2.24) is 5.32 Å². The molecule has 1 aromatic carbocycles. The van der Waals surface area contributed by atoms with Crippen LogP contribution < -0.4 is 10.2 Å². The van der Waals surface area contributed by atoms with Gasteiger partial charge in [0.05, 0.1) is 5.69 Å². The normalized spacial score (nSPS) is 17.3. The third-order valence-electron chi connectivity index (χ3n) is 3.85. The van der Waals surface area contributed by atoms with Crippen LogP contribution in [0.15, 0.2) is 12.1 Å². The first-order valence-corrected chi connectivity index (χ1v) is 7.51. The number of carbonyl (C=O) groups excluding carboxylic acids is 2. The van der Waals surface area contributed by atoms with Gasteiger partial charge < -0.3 is 10.2 Å². The summed E-state index contributed by atoms with van der Waals surface area (Å²) in [4.78, 5) is 25.9. The van der Waals surface area contributed by atoms with E-state index >= 15 is 0 Å². The number of amides is 2. The molecule has 114 valence electrons. The predicted octanol–water partition coefficient (Wildman–Crippen LogP) is 2.87. The van der Waals surface area contributed by atoms with Crippen LogP contribution in [0, 0.1) is 19.8 Å². The van der Waals surface area contributed by atoms with E-state index in [1.54, 1.807) is 0 Å². The molecule has 0 fully saturated rings. The molecular weight excluding hydrogens is 264 g/mol. The van der Waals surface area contributed by atoms with Crippen LogP contribution in [0.2, 0.25) is 0 Å². The van der Waals surface area contributed by atoms with Gasteiger partial charge in [0.2, 0.25) is 5.91 Å².